The van der Waals surface area contributed by atoms with Crippen LogP contribution in [-0.4, -0.2) is 37.6 Å². The van der Waals surface area contributed by atoms with Crippen molar-refractivity contribution in [2.24, 2.45) is 11.3 Å². The number of aliphatic hydroxyl groups excluding tert-OH is 2. The molecule has 27 heavy (non-hydrogen) atoms. The molecule has 0 amide bonds. The zero-order chi connectivity index (χ0) is 19.4. The number of hydrogen-bond acceptors (Lipinski definition) is 3. The maximum absolute atomic E-state index is 10.2. The van der Waals surface area contributed by atoms with Gasteiger partial charge in [0.25, 0.3) is 0 Å². The van der Waals surface area contributed by atoms with Crippen LogP contribution in [-0.2, 0) is 4.43 Å². The topological polar surface area (TPSA) is 49.7 Å². The van der Waals surface area contributed by atoms with Gasteiger partial charge >= 0.3 is 0 Å². The monoisotopic (exact) mass is 384 g/mol. The molecule has 2 N–H and O–H groups in total. The summed E-state index contributed by atoms with van der Waals surface area (Å²) < 4.78 is 6.96. The Morgan fingerprint density at radius 1 is 0.852 bits per heavy atom. The molecule has 4 atom stereocenters. The first-order valence-corrected chi connectivity index (χ1v) is 11.6. The Balaban J connectivity index is 1.91. The maximum Gasteiger partial charge on any atom is 0.240 e. The lowest BCUT2D eigenvalue weighted by Gasteiger charge is -2.43. The molecule has 1 saturated carbocycles. The highest BCUT2D eigenvalue weighted by Gasteiger charge is 2.40. The van der Waals surface area contributed by atoms with Crippen LogP contribution in [0.3, 0.4) is 0 Å². The van der Waals surface area contributed by atoms with Crippen molar-refractivity contribution in [1.29, 1.82) is 0 Å². The summed E-state index contributed by atoms with van der Waals surface area (Å²) in [5.41, 5.74) is -0.0402. The van der Waals surface area contributed by atoms with Gasteiger partial charge in [-0.2, -0.15) is 0 Å². The van der Waals surface area contributed by atoms with E-state index < -0.39 is 21.2 Å². The van der Waals surface area contributed by atoms with E-state index in [2.05, 4.69) is 69.3 Å². The molecule has 4 heteroatoms. The van der Waals surface area contributed by atoms with Crippen LogP contribution in [0.1, 0.15) is 40.0 Å². The van der Waals surface area contributed by atoms with Crippen LogP contribution >= 0.6 is 0 Å². The molecule has 0 heterocycles. The summed E-state index contributed by atoms with van der Waals surface area (Å²) in [6.45, 7) is 6.66. The lowest BCUT2D eigenvalue weighted by Crippen LogP contribution is -2.53. The highest BCUT2D eigenvalue weighted by molar-refractivity contribution is 6.80. The lowest BCUT2D eigenvalue weighted by atomic mass is 9.73. The summed E-state index contributed by atoms with van der Waals surface area (Å²) in [4.78, 5) is 0. The molecule has 0 bridgehead atoms. The average Bonchev–Trinajstić information content (AvgIpc) is 2.65. The standard InChI is InChI=1S/C23H32O3Si/c1-23(2,3)22(17-14-15-20(24)21(25)16-17)26-27(18-10-6-4-7-11-18)19-12-8-5-9-13-19/h4-13,17,20-22,24-25,27H,14-16H2,1-3H3/t17?,20?,21-,22?/m0/s1. The molecule has 0 spiro atoms. The van der Waals surface area contributed by atoms with Gasteiger partial charge in [0.15, 0.2) is 0 Å². The molecule has 0 radical (unpaired) electrons. The highest BCUT2D eigenvalue weighted by Crippen LogP contribution is 2.37. The van der Waals surface area contributed by atoms with Crippen molar-refractivity contribution in [3.05, 3.63) is 60.7 Å². The van der Waals surface area contributed by atoms with E-state index in [1.807, 2.05) is 12.1 Å². The molecule has 0 saturated heterocycles. The van der Waals surface area contributed by atoms with Crippen LogP contribution < -0.4 is 10.4 Å². The lowest BCUT2D eigenvalue weighted by molar-refractivity contribution is -0.0645. The van der Waals surface area contributed by atoms with E-state index in [-0.39, 0.29) is 17.4 Å². The third-order valence-corrected chi connectivity index (χ3v) is 8.14. The van der Waals surface area contributed by atoms with E-state index in [0.717, 1.165) is 6.42 Å². The fourth-order valence-corrected chi connectivity index (χ4v) is 6.98. The molecule has 2 aromatic carbocycles. The zero-order valence-corrected chi connectivity index (χ0v) is 17.7. The van der Waals surface area contributed by atoms with Gasteiger partial charge < -0.3 is 14.6 Å². The quantitative estimate of drug-likeness (QED) is 0.779. The molecule has 0 aliphatic heterocycles. The molecule has 2 aromatic rings. The summed E-state index contributed by atoms with van der Waals surface area (Å²) in [6.07, 6.45) is 0.934. The minimum absolute atomic E-state index is 0.0386. The third-order valence-electron chi connectivity index (χ3n) is 5.59. The molecule has 3 unspecified atom stereocenters. The van der Waals surface area contributed by atoms with Gasteiger partial charge in [0.1, 0.15) is 0 Å². The number of rotatable bonds is 5. The SMILES string of the molecule is CC(C)(C)C(O[SiH](c1ccccc1)c1ccccc1)C1CCC(O)[C@@H](O)C1. The fraction of sp³-hybridized carbons (Fsp3) is 0.478. The maximum atomic E-state index is 10.2. The summed E-state index contributed by atoms with van der Waals surface area (Å²) in [5, 5.41) is 22.7. The largest absolute Gasteiger partial charge is 0.407 e. The Hall–Kier alpha value is -1.46. The molecule has 1 aliphatic carbocycles. The molecule has 0 aromatic heterocycles. The predicted octanol–water partition coefficient (Wildman–Crippen LogP) is 2.48. The first-order valence-electron chi connectivity index (χ1n) is 9.97. The van der Waals surface area contributed by atoms with Gasteiger partial charge in [-0.1, -0.05) is 81.4 Å². The van der Waals surface area contributed by atoms with Crippen LogP contribution in [0.4, 0.5) is 0 Å². The Morgan fingerprint density at radius 2 is 1.37 bits per heavy atom. The van der Waals surface area contributed by atoms with Crippen LogP contribution in [0.15, 0.2) is 60.7 Å². The first kappa shape index (κ1) is 20.3. The average molecular weight is 385 g/mol. The van der Waals surface area contributed by atoms with Crippen LogP contribution in [0.5, 0.6) is 0 Å². The Kier molecular flexibility index (Phi) is 6.53. The van der Waals surface area contributed by atoms with E-state index in [0.29, 0.717) is 12.8 Å². The Labute approximate surface area is 164 Å². The number of aliphatic hydroxyl groups is 2. The molecule has 3 rings (SSSR count). The molecule has 1 aliphatic rings. The van der Waals surface area contributed by atoms with Crippen molar-refractivity contribution in [2.75, 3.05) is 0 Å². The van der Waals surface area contributed by atoms with E-state index >= 15 is 0 Å². The summed E-state index contributed by atoms with van der Waals surface area (Å²) >= 11 is 0. The van der Waals surface area contributed by atoms with Crippen LogP contribution in [0.2, 0.25) is 0 Å². The van der Waals surface area contributed by atoms with Crippen molar-refractivity contribution < 1.29 is 14.6 Å². The predicted molar refractivity (Wildman–Crippen MR) is 113 cm³/mol. The molecule has 3 nitrogen and oxygen atoms in total. The minimum atomic E-state index is -1.86. The summed E-state index contributed by atoms with van der Waals surface area (Å²) in [6, 6.07) is 21.1. The normalized spacial score (nSPS) is 24.7. The van der Waals surface area contributed by atoms with E-state index in [1.54, 1.807) is 0 Å². The number of hydrogen-bond donors (Lipinski definition) is 2. The van der Waals surface area contributed by atoms with Gasteiger partial charge in [0.05, 0.1) is 18.3 Å². The Morgan fingerprint density at radius 3 is 1.81 bits per heavy atom. The molecule has 1 fully saturated rings. The highest BCUT2D eigenvalue weighted by atomic mass is 28.3. The van der Waals surface area contributed by atoms with Gasteiger partial charge in [-0.05, 0) is 41.0 Å². The van der Waals surface area contributed by atoms with Crippen molar-refractivity contribution in [3.8, 4) is 0 Å². The summed E-state index contributed by atoms with van der Waals surface area (Å²) in [5.74, 6) is 0.255. The third kappa shape index (κ3) is 5.08. The van der Waals surface area contributed by atoms with Gasteiger partial charge in [-0.3, -0.25) is 0 Å². The van der Waals surface area contributed by atoms with Gasteiger partial charge in [-0.25, -0.2) is 0 Å². The van der Waals surface area contributed by atoms with E-state index in [1.165, 1.54) is 10.4 Å². The number of benzene rings is 2. The van der Waals surface area contributed by atoms with Crippen LogP contribution in [0, 0.1) is 11.3 Å². The first-order chi connectivity index (χ1) is 12.9. The second-order valence-electron chi connectivity index (χ2n) is 8.83. The second kappa shape index (κ2) is 8.70. The van der Waals surface area contributed by atoms with E-state index in [4.69, 9.17) is 4.43 Å². The summed E-state index contributed by atoms with van der Waals surface area (Å²) in [7, 11) is -1.86. The fourth-order valence-electron chi connectivity index (χ4n) is 4.21. The molecular weight excluding hydrogens is 352 g/mol. The molecule has 146 valence electrons. The molecular formula is C23H32O3Si. The Bertz CT molecular complexity index is 659. The van der Waals surface area contributed by atoms with Crippen molar-refractivity contribution in [1.82, 2.24) is 0 Å². The van der Waals surface area contributed by atoms with E-state index in [9.17, 15) is 10.2 Å². The minimum Gasteiger partial charge on any atom is -0.407 e. The van der Waals surface area contributed by atoms with Crippen molar-refractivity contribution >= 4 is 19.4 Å². The van der Waals surface area contributed by atoms with Gasteiger partial charge in [-0.15, -0.1) is 0 Å². The van der Waals surface area contributed by atoms with Crippen molar-refractivity contribution in [3.63, 3.8) is 0 Å². The van der Waals surface area contributed by atoms with Gasteiger partial charge in [0.2, 0.25) is 9.04 Å². The zero-order valence-electron chi connectivity index (χ0n) is 16.6. The van der Waals surface area contributed by atoms with Crippen molar-refractivity contribution in [2.45, 2.75) is 58.3 Å². The van der Waals surface area contributed by atoms with Crippen LogP contribution in [0.25, 0.3) is 0 Å². The van der Waals surface area contributed by atoms with Gasteiger partial charge in [0, 0.05) is 0 Å². The second-order valence-corrected chi connectivity index (χ2v) is 11.2. The smallest absolute Gasteiger partial charge is 0.240 e.